The molecule has 0 radical (unpaired) electrons. The smallest absolute Gasteiger partial charge is 0.247 e. The van der Waals surface area contributed by atoms with Gasteiger partial charge >= 0.3 is 0 Å². The second-order valence-corrected chi connectivity index (χ2v) is 9.53. The summed E-state index contributed by atoms with van der Waals surface area (Å²) in [6, 6.07) is 11.0. The molecule has 4 aromatic rings. The highest BCUT2D eigenvalue weighted by atomic mass is 19.1. The van der Waals surface area contributed by atoms with Gasteiger partial charge in [0.05, 0.1) is 35.9 Å². The lowest BCUT2D eigenvalue weighted by molar-refractivity contribution is -0.111. The van der Waals surface area contributed by atoms with Crippen molar-refractivity contribution in [3.05, 3.63) is 73.5 Å². The Bertz CT molecular complexity index is 1540. The summed E-state index contributed by atoms with van der Waals surface area (Å²) in [5, 5.41) is 6.96. The molecule has 1 atom stereocenters. The zero-order chi connectivity index (χ0) is 27.5. The van der Waals surface area contributed by atoms with Crippen LogP contribution in [0, 0.1) is 5.82 Å². The number of likely N-dealkylation sites (N-methyl/N-ethyl adjacent to an activating group) is 2. The van der Waals surface area contributed by atoms with Gasteiger partial charge in [-0.2, -0.15) is 0 Å². The number of halogens is 1. The molecule has 1 saturated heterocycles. The van der Waals surface area contributed by atoms with Crippen LogP contribution < -0.4 is 20.3 Å². The number of nitrogens with one attached hydrogen (secondary N) is 2. The minimum atomic E-state index is -0.426. The maximum atomic E-state index is 13.9. The highest BCUT2D eigenvalue weighted by Crippen LogP contribution is 2.39. The van der Waals surface area contributed by atoms with Gasteiger partial charge in [0, 0.05) is 54.6 Å². The van der Waals surface area contributed by atoms with Crippen molar-refractivity contribution in [2.45, 2.75) is 12.5 Å². The molecule has 2 aromatic carbocycles. The maximum absolute atomic E-state index is 13.9. The standard InChI is InChI=1S/C29H30FN7O2/c1-5-27(38)33-23-12-24(26(39-4)13-25(23)37(3)21-9-10-36(2)17-21)34-29-32-15-18-7-6-8-22(28(18)35-29)19-11-20(30)16-31-14-19/h5-8,11-16,21H,1,9-10,17H2,2-4H3,(H,33,38)(H,32,34,35). The number of rotatable bonds is 8. The average Bonchev–Trinajstić information content (AvgIpc) is 3.38. The first-order valence-electron chi connectivity index (χ1n) is 12.6. The fraction of sp³-hybridized carbons (Fsp3) is 0.241. The van der Waals surface area contributed by atoms with Crippen molar-refractivity contribution < 1.29 is 13.9 Å². The number of aromatic nitrogens is 3. The van der Waals surface area contributed by atoms with Gasteiger partial charge in [0.1, 0.15) is 11.6 Å². The number of anilines is 4. The molecule has 5 rings (SSSR count). The number of methoxy groups -OCH3 is 1. The maximum Gasteiger partial charge on any atom is 0.247 e. The second kappa shape index (κ2) is 11.0. The van der Waals surface area contributed by atoms with E-state index in [-0.39, 0.29) is 11.9 Å². The number of pyridine rings is 1. The molecule has 0 saturated carbocycles. The van der Waals surface area contributed by atoms with Crippen LogP contribution in [0.4, 0.5) is 27.4 Å². The Kier molecular flexibility index (Phi) is 7.38. The van der Waals surface area contributed by atoms with Crippen LogP contribution in [0.5, 0.6) is 5.75 Å². The number of nitrogens with zero attached hydrogens (tertiary/aromatic N) is 5. The summed E-state index contributed by atoms with van der Waals surface area (Å²) in [4.78, 5) is 30.0. The number of benzene rings is 2. The molecule has 10 heteroatoms. The molecule has 2 aromatic heterocycles. The van der Waals surface area contributed by atoms with Crippen molar-refractivity contribution in [2.24, 2.45) is 0 Å². The third-order valence-corrected chi connectivity index (χ3v) is 6.93. The first-order chi connectivity index (χ1) is 18.9. The van der Waals surface area contributed by atoms with Crippen molar-refractivity contribution >= 4 is 39.8 Å². The fourth-order valence-electron chi connectivity index (χ4n) is 4.86. The predicted molar refractivity (Wildman–Crippen MR) is 152 cm³/mol. The molecule has 1 unspecified atom stereocenters. The van der Waals surface area contributed by atoms with E-state index in [2.05, 4.69) is 44.0 Å². The number of hydrogen-bond acceptors (Lipinski definition) is 8. The summed E-state index contributed by atoms with van der Waals surface area (Å²) in [7, 11) is 5.71. The van der Waals surface area contributed by atoms with Crippen LogP contribution in [0.15, 0.2) is 67.6 Å². The first kappa shape index (κ1) is 26.1. The Balaban J connectivity index is 1.54. The number of carbonyl (C=O) groups excluding carboxylic acids is 1. The van der Waals surface area contributed by atoms with E-state index in [9.17, 15) is 9.18 Å². The van der Waals surface area contributed by atoms with Crippen molar-refractivity contribution in [2.75, 3.05) is 49.8 Å². The second-order valence-electron chi connectivity index (χ2n) is 9.53. The number of carbonyl (C=O) groups is 1. The Hall–Kier alpha value is -4.57. The summed E-state index contributed by atoms with van der Waals surface area (Å²) < 4.78 is 19.6. The number of para-hydroxylation sites is 1. The summed E-state index contributed by atoms with van der Waals surface area (Å²) in [5.74, 6) is 0.132. The Morgan fingerprint density at radius 3 is 2.79 bits per heavy atom. The lowest BCUT2D eigenvalue weighted by Gasteiger charge is -2.29. The Morgan fingerprint density at radius 1 is 1.23 bits per heavy atom. The summed E-state index contributed by atoms with van der Waals surface area (Å²) >= 11 is 0. The van der Waals surface area contributed by atoms with E-state index in [0.29, 0.717) is 34.2 Å². The number of likely N-dealkylation sites (tertiary alicyclic amines) is 1. The number of hydrogen-bond donors (Lipinski definition) is 2. The van der Waals surface area contributed by atoms with Gasteiger partial charge in [-0.1, -0.05) is 24.8 Å². The van der Waals surface area contributed by atoms with Crippen molar-refractivity contribution in [1.29, 1.82) is 0 Å². The zero-order valence-electron chi connectivity index (χ0n) is 22.1. The molecule has 1 aliphatic rings. The molecule has 9 nitrogen and oxygen atoms in total. The predicted octanol–water partition coefficient (Wildman–Crippen LogP) is 4.85. The lowest BCUT2D eigenvalue weighted by Crippen LogP contribution is -2.34. The van der Waals surface area contributed by atoms with Gasteiger partial charge in [0.25, 0.3) is 0 Å². The quantitative estimate of drug-likeness (QED) is 0.314. The lowest BCUT2D eigenvalue weighted by atomic mass is 10.0. The van der Waals surface area contributed by atoms with E-state index >= 15 is 0 Å². The van der Waals surface area contributed by atoms with Gasteiger partial charge in [0.2, 0.25) is 11.9 Å². The average molecular weight is 528 g/mol. The van der Waals surface area contributed by atoms with Crippen LogP contribution in [0.1, 0.15) is 6.42 Å². The van der Waals surface area contributed by atoms with E-state index in [1.54, 1.807) is 25.6 Å². The largest absolute Gasteiger partial charge is 0.494 e. The molecule has 0 spiro atoms. The van der Waals surface area contributed by atoms with Crippen LogP contribution in [0.25, 0.3) is 22.0 Å². The SMILES string of the molecule is C=CC(=O)Nc1cc(Nc2ncc3cccc(-c4cncc(F)c4)c3n2)c(OC)cc1N(C)C1CCN(C)C1. The van der Waals surface area contributed by atoms with E-state index in [1.807, 2.05) is 31.3 Å². The summed E-state index contributed by atoms with van der Waals surface area (Å²) in [5.41, 5.74) is 3.99. The molecular formula is C29H30FN7O2. The fourth-order valence-corrected chi connectivity index (χ4v) is 4.86. The minimum Gasteiger partial charge on any atom is -0.494 e. The summed E-state index contributed by atoms with van der Waals surface area (Å²) in [6.45, 7) is 5.52. The van der Waals surface area contributed by atoms with Gasteiger partial charge in [-0.3, -0.25) is 9.78 Å². The summed E-state index contributed by atoms with van der Waals surface area (Å²) in [6.07, 6.45) is 6.71. The van der Waals surface area contributed by atoms with Crippen LogP contribution in [0.2, 0.25) is 0 Å². The van der Waals surface area contributed by atoms with Crippen molar-refractivity contribution in [1.82, 2.24) is 19.9 Å². The van der Waals surface area contributed by atoms with Crippen LogP contribution >= 0.6 is 0 Å². The first-order valence-corrected chi connectivity index (χ1v) is 12.6. The van der Waals surface area contributed by atoms with Crippen molar-refractivity contribution in [3.8, 4) is 16.9 Å². The van der Waals surface area contributed by atoms with Gasteiger partial charge in [0.15, 0.2) is 0 Å². The van der Waals surface area contributed by atoms with E-state index in [1.165, 1.54) is 12.1 Å². The molecule has 1 fully saturated rings. The molecule has 1 amide bonds. The monoisotopic (exact) mass is 527 g/mol. The van der Waals surface area contributed by atoms with Crippen LogP contribution in [-0.4, -0.2) is 66.1 Å². The van der Waals surface area contributed by atoms with Gasteiger partial charge in [-0.15, -0.1) is 0 Å². The highest BCUT2D eigenvalue weighted by Gasteiger charge is 2.26. The third kappa shape index (κ3) is 5.51. The third-order valence-electron chi connectivity index (χ3n) is 6.93. The number of amides is 1. The van der Waals surface area contributed by atoms with Gasteiger partial charge < -0.3 is 25.2 Å². The highest BCUT2D eigenvalue weighted by molar-refractivity contribution is 6.02. The van der Waals surface area contributed by atoms with E-state index in [4.69, 9.17) is 9.72 Å². The molecule has 0 bridgehead atoms. The molecule has 3 heterocycles. The number of fused-ring (bicyclic) bond motifs is 1. The molecule has 0 aliphatic carbocycles. The molecule has 1 aliphatic heterocycles. The Morgan fingerprint density at radius 2 is 2.08 bits per heavy atom. The van der Waals surface area contributed by atoms with Crippen LogP contribution in [0.3, 0.4) is 0 Å². The minimum absolute atomic E-state index is 0.289. The van der Waals surface area contributed by atoms with Crippen molar-refractivity contribution in [3.63, 3.8) is 0 Å². The Labute approximate surface area is 226 Å². The van der Waals surface area contributed by atoms with E-state index in [0.717, 1.165) is 42.3 Å². The normalized spacial score (nSPS) is 15.2. The number of ether oxygens (including phenoxy) is 1. The van der Waals surface area contributed by atoms with Gasteiger partial charge in [-0.05, 0) is 38.2 Å². The molecule has 200 valence electrons. The van der Waals surface area contributed by atoms with Gasteiger partial charge in [-0.25, -0.2) is 14.4 Å². The topological polar surface area (TPSA) is 95.5 Å². The molecular weight excluding hydrogens is 497 g/mol. The van der Waals surface area contributed by atoms with Crippen LogP contribution in [-0.2, 0) is 4.79 Å². The molecule has 2 N–H and O–H groups in total. The molecule has 39 heavy (non-hydrogen) atoms. The zero-order valence-corrected chi connectivity index (χ0v) is 22.1. The van der Waals surface area contributed by atoms with E-state index < -0.39 is 5.82 Å².